The molecule has 2 heterocycles. The number of hydrogen-bond acceptors (Lipinski definition) is 4. The van der Waals surface area contributed by atoms with E-state index in [2.05, 4.69) is 20.6 Å². The maximum Gasteiger partial charge on any atom is 0.252 e. The standard InChI is InChI=1S/C16H18N4O2/c1-11-8-14(9-12(2)20-11)16(22)19-7-6-18-15(21)13-4-3-5-17-10-13/h3-5,8-10H,6-7H2,1-2H3,(H,18,21)(H,19,22). The molecule has 0 radical (unpaired) electrons. The molecular weight excluding hydrogens is 280 g/mol. The molecule has 0 unspecified atom stereocenters. The van der Waals surface area contributed by atoms with Crippen LogP contribution in [-0.2, 0) is 0 Å². The van der Waals surface area contributed by atoms with Crippen LogP contribution in [0, 0.1) is 13.8 Å². The molecule has 114 valence electrons. The van der Waals surface area contributed by atoms with Gasteiger partial charge in [0.2, 0.25) is 0 Å². The van der Waals surface area contributed by atoms with Crippen LogP contribution in [0.5, 0.6) is 0 Å². The zero-order valence-electron chi connectivity index (χ0n) is 12.6. The van der Waals surface area contributed by atoms with E-state index in [-0.39, 0.29) is 11.8 Å². The Morgan fingerprint density at radius 3 is 2.14 bits per heavy atom. The summed E-state index contributed by atoms with van der Waals surface area (Å²) in [4.78, 5) is 31.9. The maximum atomic E-state index is 12.0. The first-order valence-corrected chi connectivity index (χ1v) is 6.98. The van der Waals surface area contributed by atoms with Crippen LogP contribution in [0.4, 0.5) is 0 Å². The Labute approximate surface area is 129 Å². The third-order valence-electron chi connectivity index (χ3n) is 2.96. The van der Waals surface area contributed by atoms with Gasteiger partial charge in [-0.15, -0.1) is 0 Å². The lowest BCUT2D eigenvalue weighted by atomic mass is 10.2. The number of rotatable bonds is 5. The SMILES string of the molecule is Cc1cc(C(=O)NCCNC(=O)c2cccnc2)cc(C)n1. The van der Waals surface area contributed by atoms with Gasteiger partial charge in [0.05, 0.1) is 5.56 Å². The fourth-order valence-electron chi connectivity index (χ4n) is 2.02. The molecule has 2 rings (SSSR count). The normalized spacial score (nSPS) is 10.1. The van der Waals surface area contributed by atoms with Crippen LogP contribution in [0.3, 0.4) is 0 Å². The average molecular weight is 298 g/mol. The number of pyridine rings is 2. The zero-order chi connectivity index (χ0) is 15.9. The van der Waals surface area contributed by atoms with Gasteiger partial charge in [-0.2, -0.15) is 0 Å². The van der Waals surface area contributed by atoms with Crippen molar-refractivity contribution >= 4 is 11.8 Å². The van der Waals surface area contributed by atoms with Gasteiger partial charge in [-0.1, -0.05) is 0 Å². The Balaban J connectivity index is 1.79. The molecule has 6 heteroatoms. The van der Waals surface area contributed by atoms with Crippen LogP contribution in [-0.4, -0.2) is 34.9 Å². The van der Waals surface area contributed by atoms with E-state index in [4.69, 9.17) is 0 Å². The Morgan fingerprint density at radius 2 is 1.59 bits per heavy atom. The van der Waals surface area contributed by atoms with Crippen molar-refractivity contribution in [2.24, 2.45) is 0 Å². The van der Waals surface area contributed by atoms with Gasteiger partial charge < -0.3 is 10.6 Å². The van der Waals surface area contributed by atoms with E-state index in [0.29, 0.717) is 24.2 Å². The molecule has 2 amide bonds. The summed E-state index contributed by atoms with van der Waals surface area (Å²) in [7, 11) is 0. The molecule has 0 aliphatic rings. The van der Waals surface area contributed by atoms with Gasteiger partial charge in [0, 0.05) is 42.4 Å². The first-order chi connectivity index (χ1) is 10.6. The molecule has 0 atom stereocenters. The summed E-state index contributed by atoms with van der Waals surface area (Å²) in [5.41, 5.74) is 2.67. The highest BCUT2D eigenvalue weighted by atomic mass is 16.2. The van der Waals surface area contributed by atoms with Gasteiger partial charge >= 0.3 is 0 Å². The lowest BCUT2D eigenvalue weighted by Gasteiger charge is -2.08. The molecule has 0 aliphatic carbocycles. The maximum absolute atomic E-state index is 12.0. The molecule has 0 saturated carbocycles. The van der Waals surface area contributed by atoms with E-state index in [1.165, 1.54) is 6.20 Å². The fourth-order valence-corrected chi connectivity index (χ4v) is 2.02. The van der Waals surface area contributed by atoms with Gasteiger partial charge in [0.25, 0.3) is 11.8 Å². The van der Waals surface area contributed by atoms with Crippen molar-refractivity contribution in [2.75, 3.05) is 13.1 Å². The molecule has 0 saturated heterocycles. The van der Waals surface area contributed by atoms with E-state index in [1.54, 1.807) is 30.5 Å². The smallest absolute Gasteiger partial charge is 0.252 e. The van der Waals surface area contributed by atoms with Crippen LogP contribution in [0.1, 0.15) is 32.1 Å². The molecule has 2 aromatic rings. The van der Waals surface area contributed by atoms with Crippen molar-refractivity contribution in [3.63, 3.8) is 0 Å². The van der Waals surface area contributed by atoms with Crippen LogP contribution in [0.15, 0.2) is 36.7 Å². The number of hydrogen-bond donors (Lipinski definition) is 2. The van der Waals surface area contributed by atoms with Gasteiger partial charge in [-0.3, -0.25) is 19.6 Å². The van der Waals surface area contributed by atoms with Gasteiger partial charge in [-0.25, -0.2) is 0 Å². The number of carbonyl (C=O) groups is 2. The molecular formula is C16H18N4O2. The quantitative estimate of drug-likeness (QED) is 0.814. The van der Waals surface area contributed by atoms with E-state index in [0.717, 1.165) is 11.4 Å². The molecule has 22 heavy (non-hydrogen) atoms. The number of nitrogens with zero attached hydrogens (tertiary/aromatic N) is 2. The Kier molecular flexibility index (Phi) is 5.19. The summed E-state index contributed by atoms with van der Waals surface area (Å²) in [6.07, 6.45) is 3.10. The predicted molar refractivity (Wildman–Crippen MR) is 82.6 cm³/mol. The minimum absolute atomic E-state index is 0.177. The van der Waals surface area contributed by atoms with E-state index >= 15 is 0 Å². The number of carbonyl (C=O) groups excluding carboxylic acids is 2. The van der Waals surface area contributed by atoms with E-state index in [9.17, 15) is 9.59 Å². The highest BCUT2D eigenvalue weighted by Crippen LogP contribution is 2.04. The number of amides is 2. The second kappa shape index (κ2) is 7.31. The number of nitrogens with one attached hydrogen (secondary N) is 2. The second-order valence-electron chi connectivity index (χ2n) is 4.89. The summed E-state index contributed by atoms with van der Waals surface area (Å²) in [5.74, 6) is -0.387. The van der Waals surface area contributed by atoms with Crippen molar-refractivity contribution in [2.45, 2.75) is 13.8 Å². The molecule has 0 aliphatic heterocycles. The molecule has 6 nitrogen and oxygen atoms in total. The summed E-state index contributed by atoms with van der Waals surface area (Å²) in [6.45, 7) is 4.39. The van der Waals surface area contributed by atoms with Gasteiger partial charge in [-0.05, 0) is 38.1 Å². The monoisotopic (exact) mass is 298 g/mol. The third-order valence-corrected chi connectivity index (χ3v) is 2.96. The third kappa shape index (κ3) is 4.37. The first kappa shape index (κ1) is 15.6. The van der Waals surface area contributed by atoms with Crippen molar-refractivity contribution in [1.82, 2.24) is 20.6 Å². The molecule has 2 aromatic heterocycles. The highest BCUT2D eigenvalue weighted by Gasteiger charge is 2.08. The van der Waals surface area contributed by atoms with Crippen LogP contribution < -0.4 is 10.6 Å². The van der Waals surface area contributed by atoms with Crippen LogP contribution in [0.2, 0.25) is 0 Å². The molecule has 2 N–H and O–H groups in total. The Hall–Kier alpha value is -2.76. The van der Waals surface area contributed by atoms with Crippen molar-refractivity contribution < 1.29 is 9.59 Å². The van der Waals surface area contributed by atoms with Gasteiger partial charge in [0.15, 0.2) is 0 Å². The lowest BCUT2D eigenvalue weighted by molar-refractivity contribution is 0.0927. The topological polar surface area (TPSA) is 84.0 Å². The Bertz CT molecular complexity index is 651. The molecule has 0 bridgehead atoms. The van der Waals surface area contributed by atoms with Crippen molar-refractivity contribution in [3.05, 3.63) is 59.2 Å². The molecule has 0 fully saturated rings. The van der Waals surface area contributed by atoms with E-state index in [1.807, 2.05) is 13.8 Å². The predicted octanol–water partition coefficient (Wildman–Crippen LogP) is 1.25. The zero-order valence-corrected chi connectivity index (χ0v) is 12.6. The van der Waals surface area contributed by atoms with E-state index < -0.39 is 0 Å². The number of aryl methyl sites for hydroxylation is 2. The van der Waals surface area contributed by atoms with Crippen molar-refractivity contribution in [1.29, 1.82) is 0 Å². The fraction of sp³-hybridized carbons (Fsp3) is 0.250. The largest absolute Gasteiger partial charge is 0.350 e. The minimum Gasteiger partial charge on any atom is -0.350 e. The summed E-state index contributed by atoms with van der Waals surface area (Å²) in [5, 5.41) is 5.49. The highest BCUT2D eigenvalue weighted by molar-refractivity contribution is 5.95. The van der Waals surface area contributed by atoms with Crippen molar-refractivity contribution in [3.8, 4) is 0 Å². The summed E-state index contributed by atoms with van der Waals surface area (Å²) < 4.78 is 0. The summed E-state index contributed by atoms with van der Waals surface area (Å²) in [6, 6.07) is 6.85. The first-order valence-electron chi connectivity index (χ1n) is 6.98. The number of aromatic nitrogens is 2. The van der Waals surface area contributed by atoms with Crippen LogP contribution in [0.25, 0.3) is 0 Å². The van der Waals surface area contributed by atoms with Crippen LogP contribution >= 0.6 is 0 Å². The molecule has 0 spiro atoms. The van der Waals surface area contributed by atoms with Gasteiger partial charge in [0.1, 0.15) is 0 Å². The average Bonchev–Trinajstić information content (AvgIpc) is 2.51. The minimum atomic E-state index is -0.210. The second-order valence-corrected chi connectivity index (χ2v) is 4.89. The lowest BCUT2D eigenvalue weighted by Crippen LogP contribution is -2.34. The Morgan fingerprint density at radius 1 is 1.00 bits per heavy atom. The summed E-state index contributed by atoms with van der Waals surface area (Å²) >= 11 is 0. The molecule has 0 aromatic carbocycles.